The van der Waals surface area contributed by atoms with Crippen molar-refractivity contribution in [2.45, 2.75) is 126 Å². The largest absolute Gasteiger partial charge is 0.385 e. The molecule has 444 valence electrons. The van der Waals surface area contributed by atoms with E-state index in [1.807, 2.05) is 23.7 Å². The molecule has 0 fully saturated rings. The van der Waals surface area contributed by atoms with Crippen LogP contribution >= 0.6 is 0 Å². The normalized spacial score (nSPS) is 19.4. The van der Waals surface area contributed by atoms with Crippen molar-refractivity contribution in [1.29, 1.82) is 0 Å². The number of primary amides is 1. The SMILES string of the molecule is C=C1/C=C\C=C/C[N+](CCC)=C(C=CC2=C(NCCCOCCOCCOCCOCCOCCCNc3cc(-n4nc(C)c5c4CC(C)(C)CC5=O)ccc3C(N)=O)C(=CC=C3N(CCC)c4ccccc4C3(C)C)CCC2)C1(C)C. The van der Waals surface area contributed by atoms with E-state index < -0.39 is 5.91 Å². The molecule has 0 saturated heterocycles. The van der Waals surface area contributed by atoms with Crippen LogP contribution in [0.5, 0.6) is 0 Å². The average Bonchev–Trinajstić information content (AvgIpc) is 3.79. The predicted octanol–water partition coefficient (Wildman–Crippen LogP) is 11.9. The second-order valence-electron chi connectivity index (χ2n) is 23.9. The zero-order chi connectivity index (χ0) is 58.7. The van der Waals surface area contributed by atoms with Gasteiger partial charge in [-0.25, -0.2) is 9.26 Å². The smallest absolute Gasteiger partial charge is 0.250 e. The maximum Gasteiger partial charge on any atom is 0.250 e. The summed E-state index contributed by atoms with van der Waals surface area (Å²) in [5.74, 6) is -0.398. The van der Waals surface area contributed by atoms with E-state index in [0.29, 0.717) is 102 Å². The van der Waals surface area contributed by atoms with Gasteiger partial charge in [-0.1, -0.05) is 96.7 Å². The van der Waals surface area contributed by atoms with E-state index in [4.69, 9.17) is 34.5 Å². The summed E-state index contributed by atoms with van der Waals surface area (Å²) in [7, 11) is 0. The Bertz CT molecular complexity index is 2910. The van der Waals surface area contributed by atoms with Crippen LogP contribution in [-0.2, 0) is 35.5 Å². The Balaban J connectivity index is 0.806. The van der Waals surface area contributed by atoms with Crippen molar-refractivity contribution >= 4 is 28.8 Å². The first-order valence-corrected chi connectivity index (χ1v) is 30.3. The van der Waals surface area contributed by atoms with E-state index in [1.54, 1.807) is 6.07 Å². The number of hydrogen-bond donors (Lipinski definition) is 3. The van der Waals surface area contributed by atoms with Crippen molar-refractivity contribution in [2.75, 3.05) is 109 Å². The number of ether oxygens (including phenoxy) is 5. The van der Waals surface area contributed by atoms with Crippen molar-refractivity contribution in [3.8, 4) is 5.69 Å². The molecule has 1 aromatic heterocycles. The van der Waals surface area contributed by atoms with Crippen molar-refractivity contribution in [2.24, 2.45) is 16.6 Å². The Morgan fingerprint density at radius 3 is 2.11 bits per heavy atom. The van der Waals surface area contributed by atoms with E-state index >= 15 is 0 Å². The molecule has 2 aromatic carbocycles. The number of benzene rings is 2. The molecular formula is C68H96N7O7+. The molecule has 2 aliphatic carbocycles. The third kappa shape index (κ3) is 16.6. The van der Waals surface area contributed by atoms with Gasteiger partial charge in [0.25, 0.3) is 5.91 Å². The number of para-hydroxylation sites is 1. The summed E-state index contributed by atoms with van der Waals surface area (Å²) in [6.45, 7) is 33.7. The van der Waals surface area contributed by atoms with Crippen LogP contribution in [0.25, 0.3) is 5.69 Å². The lowest BCUT2D eigenvalue weighted by Crippen LogP contribution is -2.34. The maximum atomic E-state index is 13.0. The summed E-state index contributed by atoms with van der Waals surface area (Å²) >= 11 is 0. The quantitative estimate of drug-likeness (QED) is 0.0417. The highest BCUT2D eigenvalue weighted by molar-refractivity contribution is 6.01. The Hall–Kier alpha value is -6.16. The van der Waals surface area contributed by atoms with E-state index in [1.165, 1.54) is 39.5 Å². The Labute approximate surface area is 490 Å². The Morgan fingerprint density at radius 1 is 0.793 bits per heavy atom. The highest BCUT2D eigenvalue weighted by Gasteiger charge is 2.40. The number of nitrogens with zero attached hydrogens (tertiary/aromatic N) is 4. The van der Waals surface area contributed by atoms with Crippen molar-refractivity contribution in [3.63, 3.8) is 0 Å². The third-order valence-electron chi connectivity index (χ3n) is 16.1. The number of anilines is 2. The fraction of sp³-hybridized carbons (Fsp3) is 0.529. The molecule has 0 unspecified atom stereocenters. The van der Waals surface area contributed by atoms with Crippen LogP contribution in [0.3, 0.4) is 0 Å². The molecule has 0 bridgehead atoms. The third-order valence-corrected chi connectivity index (χ3v) is 16.1. The maximum absolute atomic E-state index is 13.0. The zero-order valence-corrected chi connectivity index (χ0v) is 51.1. The number of aromatic nitrogens is 2. The first-order chi connectivity index (χ1) is 39.5. The van der Waals surface area contributed by atoms with Gasteiger partial charge in [-0.3, -0.25) is 9.59 Å². The Morgan fingerprint density at radius 2 is 1.45 bits per heavy atom. The van der Waals surface area contributed by atoms with Gasteiger partial charge in [0.15, 0.2) is 18.0 Å². The van der Waals surface area contributed by atoms with Crippen LogP contribution in [0.15, 0.2) is 126 Å². The number of Topliss-reactive ketones (excluding diaryl/α,β-unsaturated/α-hetero) is 1. The molecule has 14 nitrogen and oxygen atoms in total. The van der Waals surface area contributed by atoms with Gasteiger partial charge in [0.2, 0.25) is 0 Å². The summed E-state index contributed by atoms with van der Waals surface area (Å²) in [4.78, 5) is 27.8. The van der Waals surface area contributed by atoms with Gasteiger partial charge >= 0.3 is 0 Å². The second-order valence-corrected chi connectivity index (χ2v) is 23.9. The van der Waals surface area contributed by atoms with Crippen LogP contribution < -0.4 is 21.3 Å². The molecule has 0 spiro atoms. The van der Waals surface area contributed by atoms with E-state index in [9.17, 15) is 9.59 Å². The molecule has 4 N–H and O–H groups in total. The van der Waals surface area contributed by atoms with Gasteiger partial charge in [0.1, 0.15) is 6.54 Å². The number of fused-ring (bicyclic) bond motifs is 2. The molecule has 4 aliphatic rings. The van der Waals surface area contributed by atoms with E-state index in [2.05, 4.69) is 155 Å². The molecule has 0 saturated carbocycles. The van der Waals surface area contributed by atoms with Crippen molar-refractivity contribution in [1.82, 2.24) is 15.1 Å². The van der Waals surface area contributed by atoms with Crippen LogP contribution in [0.1, 0.15) is 144 Å². The van der Waals surface area contributed by atoms with Gasteiger partial charge in [-0.2, -0.15) is 5.10 Å². The molecule has 1 amide bonds. The van der Waals surface area contributed by atoms with E-state index in [0.717, 1.165) is 93.8 Å². The number of amides is 1. The van der Waals surface area contributed by atoms with E-state index in [-0.39, 0.29) is 22.0 Å². The standard InChI is InChI=1S/C68H95N7O7/c1-11-34-73-36-17-13-14-21-50(3)67(7,8)61(73)30-26-52-22-18-23-53(27-31-62-68(9,10)56-24-15-16-25-58(56)74(62)35-12-2)64(52)71-33-20-38-79-40-42-81-44-46-82-45-43-80-41-39-78-37-19-32-70-57-47-54(28-29-55(57)65(69)77)75-59-48-66(5,6)49-60(76)63(59)51(4)72-75/h13-17,21,24-31,47H,3,11-12,18-20,22-23,32-46,48-49H2,1-2,4-10H3,(H3,69,70,77)/p+1/b17-13-,21-14-,53-27?,62-31?. The number of carbonyl (C=O) groups excluding carboxylic acids is 2. The molecule has 2 aliphatic heterocycles. The fourth-order valence-electron chi connectivity index (χ4n) is 11.7. The van der Waals surface area contributed by atoms with Crippen LogP contribution in [0, 0.1) is 17.8 Å². The Kier molecular flexibility index (Phi) is 23.5. The van der Waals surface area contributed by atoms with Crippen LogP contribution in [0.4, 0.5) is 11.4 Å². The predicted molar refractivity (Wildman–Crippen MR) is 333 cm³/mol. The molecule has 0 radical (unpaired) electrons. The summed E-state index contributed by atoms with van der Waals surface area (Å²) in [6, 6.07) is 14.3. The van der Waals surface area contributed by atoms with Crippen molar-refractivity contribution < 1.29 is 37.8 Å². The number of rotatable bonds is 31. The monoisotopic (exact) mass is 1120 g/mol. The minimum absolute atomic E-state index is 0.0976. The summed E-state index contributed by atoms with van der Waals surface area (Å²) in [5.41, 5.74) is 19.8. The highest BCUT2D eigenvalue weighted by Crippen LogP contribution is 2.48. The number of aryl methyl sites for hydroxylation is 1. The number of nitrogens with two attached hydrogens (primary N) is 1. The molecule has 7 rings (SSSR count). The lowest BCUT2D eigenvalue weighted by atomic mass is 9.75. The topological polar surface area (TPSA) is 154 Å². The first-order valence-electron chi connectivity index (χ1n) is 30.3. The molecule has 3 aromatic rings. The summed E-state index contributed by atoms with van der Waals surface area (Å²) < 4.78 is 33.4. The highest BCUT2D eigenvalue weighted by atomic mass is 16.6. The molecule has 82 heavy (non-hydrogen) atoms. The summed E-state index contributed by atoms with van der Waals surface area (Å²) in [5, 5.41) is 12.0. The van der Waals surface area contributed by atoms with Crippen molar-refractivity contribution in [3.05, 3.63) is 154 Å². The molecular weight excluding hydrogens is 1030 g/mol. The zero-order valence-electron chi connectivity index (χ0n) is 51.1. The van der Waals surface area contributed by atoms with Gasteiger partial charge < -0.3 is 45.0 Å². The van der Waals surface area contributed by atoms with Gasteiger partial charge in [0, 0.05) is 79.9 Å². The fourth-order valence-corrected chi connectivity index (χ4v) is 11.7. The lowest BCUT2D eigenvalue weighted by Gasteiger charge is -2.29. The number of ketones is 1. The number of allylic oxidation sites excluding steroid dienone is 11. The van der Waals surface area contributed by atoms with Crippen LogP contribution in [-0.4, -0.2) is 131 Å². The van der Waals surface area contributed by atoms with Gasteiger partial charge in [-0.05, 0) is 130 Å². The number of hydrogen-bond acceptors (Lipinski definition) is 11. The average molecular weight is 1120 g/mol. The molecule has 14 heteroatoms. The van der Waals surface area contributed by atoms with Gasteiger partial charge in [0.05, 0.1) is 86.5 Å². The first kappa shape index (κ1) is 63.4. The number of nitrogens with one attached hydrogen (secondary N) is 2. The van der Waals surface area contributed by atoms with Gasteiger partial charge in [-0.15, -0.1) is 0 Å². The minimum Gasteiger partial charge on any atom is -0.385 e. The molecule has 3 heterocycles. The minimum atomic E-state index is -0.519. The molecule has 0 atom stereocenters. The summed E-state index contributed by atoms with van der Waals surface area (Å²) in [6.07, 6.45) is 26.3. The number of carbonyl (C=O) groups is 2. The second kappa shape index (κ2) is 30.4. The van der Waals surface area contributed by atoms with Crippen LogP contribution in [0.2, 0.25) is 0 Å². The lowest BCUT2D eigenvalue weighted by molar-refractivity contribution is -0.520.